The van der Waals surface area contributed by atoms with Gasteiger partial charge in [-0.3, -0.25) is 9.59 Å². The van der Waals surface area contributed by atoms with Gasteiger partial charge in [-0.15, -0.1) is 0 Å². The van der Waals surface area contributed by atoms with Crippen LogP contribution in [0.2, 0.25) is 0 Å². The maximum absolute atomic E-state index is 13.5. The number of fused-ring (bicyclic) bond motifs is 3. The number of hydrogen-bond acceptors (Lipinski definition) is 8. The molecule has 5 rings (SSSR count). The Morgan fingerprint density at radius 1 is 0.760 bits per heavy atom. The van der Waals surface area contributed by atoms with E-state index < -0.39 is 71.0 Å². The topological polar surface area (TPSA) is 105 Å². The molecule has 8 nitrogen and oxygen atoms in total. The molecule has 50 heavy (non-hydrogen) atoms. The normalized spacial score (nSPS) is 29.0. The summed E-state index contributed by atoms with van der Waals surface area (Å²) >= 11 is 0. The first kappa shape index (κ1) is 36.6. The number of benzene rings is 2. The van der Waals surface area contributed by atoms with Gasteiger partial charge in [-0.2, -0.15) is 0 Å². The molecule has 0 heterocycles. The minimum atomic E-state index is -0.785. The lowest BCUT2D eigenvalue weighted by atomic mass is 9.50. The lowest BCUT2D eigenvalue weighted by molar-refractivity contribution is -0.184. The standard InChI is InChI=1S/C42H48O8/c1-26-24-33(49-35(45)20-18-30-14-10-8-11-15-30)39-40(48-29(4)44)38-27(2)32(47-28(3)43)22-23-42(38,7)25-34(37(26)41(39,5)6)50-36(46)21-19-31-16-12-9-13-17-31/h8-21,32-34,38-40H,2,22-25H2,1,3-7H3/b20-18+,21-19+/t32-,33-,34-,38-,39-,40-,42-/m0/s1. The van der Waals surface area contributed by atoms with E-state index in [1.54, 1.807) is 12.2 Å². The van der Waals surface area contributed by atoms with Gasteiger partial charge in [-0.1, -0.05) is 93.6 Å². The highest BCUT2D eigenvalue weighted by atomic mass is 16.6. The molecule has 0 unspecified atom stereocenters. The Morgan fingerprint density at radius 3 is 1.84 bits per heavy atom. The lowest BCUT2D eigenvalue weighted by Gasteiger charge is -2.58. The molecule has 2 fully saturated rings. The van der Waals surface area contributed by atoms with Crippen LogP contribution in [-0.2, 0) is 38.1 Å². The fraction of sp³-hybridized carbons (Fsp3) is 0.429. The van der Waals surface area contributed by atoms with Crippen LogP contribution in [0.3, 0.4) is 0 Å². The van der Waals surface area contributed by atoms with Crippen LogP contribution in [0.5, 0.6) is 0 Å². The van der Waals surface area contributed by atoms with Gasteiger partial charge >= 0.3 is 23.9 Å². The number of carbonyl (C=O) groups excluding carboxylic acids is 4. The second kappa shape index (κ2) is 15.0. The predicted molar refractivity (Wildman–Crippen MR) is 191 cm³/mol. The van der Waals surface area contributed by atoms with Gasteiger partial charge in [0.1, 0.15) is 24.4 Å². The molecule has 0 aromatic heterocycles. The van der Waals surface area contributed by atoms with Gasteiger partial charge in [0.05, 0.1) is 0 Å². The van der Waals surface area contributed by atoms with Crippen LogP contribution in [0.4, 0.5) is 0 Å². The first-order valence-corrected chi connectivity index (χ1v) is 17.3. The summed E-state index contributed by atoms with van der Waals surface area (Å²) in [7, 11) is 0. The van der Waals surface area contributed by atoms with E-state index in [0.29, 0.717) is 31.3 Å². The Labute approximate surface area is 295 Å². The summed E-state index contributed by atoms with van der Waals surface area (Å²) in [6.07, 6.45) is 5.48. The van der Waals surface area contributed by atoms with Crippen molar-refractivity contribution in [3.05, 3.63) is 107 Å². The maximum Gasteiger partial charge on any atom is 0.331 e. The summed E-state index contributed by atoms with van der Waals surface area (Å²) < 4.78 is 24.7. The Hall–Kier alpha value is -4.72. The van der Waals surface area contributed by atoms with Crippen molar-refractivity contribution in [2.75, 3.05) is 0 Å². The molecule has 0 radical (unpaired) electrons. The third-order valence-corrected chi connectivity index (χ3v) is 10.7. The van der Waals surface area contributed by atoms with Crippen molar-refractivity contribution in [1.82, 2.24) is 0 Å². The van der Waals surface area contributed by atoms with E-state index in [9.17, 15) is 19.2 Å². The Bertz CT molecular complexity index is 1700. The second-order valence-electron chi connectivity index (χ2n) is 14.7. The van der Waals surface area contributed by atoms with E-state index in [-0.39, 0.29) is 0 Å². The summed E-state index contributed by atoms with van der Waals surface area (Å²) in [6, 6.07) is 19.0. The molecule has 7 atom stereocenters. The van der Waals surface area contributed by atoms with Crippen molar-refractivity contribution in [3.8, 4) is 0 Å². The molecular formula is C42H48O8. The van der Waals surface area contributed by atoms with E-state index in [1.165, 1.54) is 26.0 Å². The van der Waals surface area contributed by atoms with Crippen molar-refractivity contribution < 1.29 is 38.1 Å². The van der Waals surface area contributed by atoms with Gasteiger partial charge in [0.2, 0.25) is 0 Å². The average molecular weight is 681 g/mol. The third-order valence-electron chi connectivity index (χ3n) is 10.7. The Morgan fingerprint density at radius 2 is 1.30 bits per heavy atom. The molecule has 0 saturated heterocycles. The molecule has 2 bridgehead atoms. The summed E-state index contributed by atoms with van der Waals surface area (Å²) in [5.74, 6) is -2.97. The van der Waals surface area contributed by atoms with Gasteiger partial charge in [0.25, 0.3) is 0 Å². The van der Waals surface area contributed by atoms with Crippen LogP contribution in [0, 0.1) is 22.7 Å². The van der Waals surface area contributed by atoms with Crippen molar-refractivity contribution in [2.24, 2.45) is 22.7 Å². The van der Waals surface area contributed by atoms with E-state index in [4.69, 9.17) is 18.9 Å². The van der Waals surface area contributed by atoms with E-state index in [1.807, 2.05) is 81.4 Å². The summed E-state index contributed by atoms with van der Waals surface area (Å²) in [5.41, 5.74) is 2.87. The highest BCUT2D eigenvalue weighted by Crippen LogP contribution is 2.60. The van der Waals surface area contributed by atoms with Gasteiger partial charge in [-0.25, -0.2) is 9.59 Å². The van der Waals surface area contributed by atoms with Crippen molar-refractivity contribution in [3.63, 3.8) is 0 Å². The summed E-state index contributed by atoms with van der Waals surface area (Å²) in [5, 5.41) is 0. The van der Waals surface area contributed by atoms with E-state index in [2.05, 4.69) is 13.5 Å². The lowest BCUT2D eigenvalue weighted by Crippen LogP contribution is -2.60. The molecular weight excluding hydrogens is 632 g/mol. The van der Waals surface area contributed by atoms with Crippen LogP contribution in [0.25, 0.3) is 12.2 Å². The van der Waals surface area contributed by atoms with Gasteiger partial charge in [0.15, 0.2) is 0 Å². The minimum absolute atomic E-state index is 0.350. The molecule has 2 saturated carbocycles. The smallest absolute Gasteiger partial charge is 0.331 e. The monoisotopic (exact) mass is 680 g/mol. The van der Waals surface area contributed by atoms with Crippen LogP contribution in [0.15, 0.2) is 96.1 Å². The number of esters is 4. The first-order valence-electron chi connectivity index (χ1n) is 17.3. The summed E-state index contributed by atoms with van der Waals surface area (Å²) in [6.45, 7) is 15.3. The molecule has 264 valence electrons. The minimum Gasteiger partial charge on any atom is -0.461 e. The van der Waals surface area contributed by atoms with Crippen LogP contribution < -0.4 is 0 Å². The molecule has 2 aromatic rings. The van der Waals surface area contributed by atoms with Crippen LogP contribution in [-0.4, -0.2) is 48.3 Å². The first-order chi connectivity index (χ1) is 23.7. The molecule has 0 aliphatic heterocycles. The number of hydrogen-bond donors (Lipinski definition) is 0. The SMILES string of the molecule is C=C1[C@@H](OC(C)=O)CC[C@@]2(C)C[C@H](OC(=O)/C=C/c3ccccc3)C3=C(C)C[C@H](OC(=O)/C=C/c4ccccc4)[C@@H]([C@@H](OC(C)=O)[C@H]12)C3(C)C. The second-order valence-corrected chi connectivity index (χ2v) is 14.7. The largest absolute Gasteiger partial charge is 0.461 e. The van der Waals surface area contributed by atoms with E-state index in [0.717, 1.165) is 22.3 Å². The Kier molecular flexibility index (Phi) is 11.0. The van der Waals surface area contributed by atoms with Crippen molar-refractivity contribution in [2.45, 2.75) is 91.6 Å². The molecule has 2 aromatic carbocycles. The van der Waals surface area contributed by atoms with E-state index >= 15 is 0 Å². The molecule has 0 amide bonds. The van der Waals surface area contributed by atoms with Crippen LogP contribution >= 0.6 is 0 Å². The van der Waals surface area contributed by atoms with Crippen LogP contribution in [0.1, 0.15) is 78.4 Å². The zero-order valence-electron chi connectivity index (χ0n) is 29.8. The third kappa shape index (κ3) is 8.01. The highest BCUT2D eigenvalue weighted by molar-refractivity contribution is 5.88. The van der Waals surface area contributed by atoms with Gasteiger partial charge in [0, 0.05) is 44.3 Å². The number of ether oxygens (including phenoxy) is 4. The molecule has 0 N–H and O–H groups in total. The zero-order chi connectivity index (χ0) is 36.2. The maximum atomic E-state index is 13.5. The van der Waals surface area contributed by atoms with Crippen molar-refractivity contribution >= 4 is 36.0 Å². The fourth-order valence-corrected chi connectivity index (χ4v) is 8.77. The molecule has 3 aliphatic carbocycles. The number of carbonyl (C=O) groups is 4. The highest BCUT2D eigenvalue weighted by Gasteiger charge is 2.61. The summed E-state index contributed by atoms with van der Waals surface area (Å²) in [4.78, 5) is 52.1. The average Bonchev–Trinajstić information content (AvgIpc) is 3.04. The zero-order valence-corrected chi connectivity index (χ0v) is 29.8. The fourth-order valence-electron chi connectivity index (χ4n) is 8.77. The quantitative estimate of drug-likeness (QED) is 0.120. The predicted octanol–water partition coefficient (Wildman–Crippen LogP) is 7.84. The Balaban J connectivity index is 1.60. The molecule has 0 spiro atoms. The molecule has 8 heteroatoms. The molecule has 3 aliphatic rings. The van der Waals surface area contributed by atoms with Gasteiger partial charge < -0.3 is 18.9 Å². The van der Waals surface area contributed by atoms with Gasteiger partial charge in [-0.05, 0) is 71.4 Å². The number of rotatable bonds is 8. The van der Waals surface area contributed by atoms with Crippen molar-refractivity contribution in [1.29, 1.82) is 0 Å².